The zero-order valence-corrected chi connectivity index (χ0v) is 12.9. The summed E-state index contributed by atoms with van der Waals surface area (Å²) in [5.41, 5.74) is 1.90. The topological polar surface area (TPSA) is 49.8 Å². The highest BCUT2D eigenvalue weighted by atomic mass is 16.5. The van der Waals surface area contributed by atoms with Gasteiger partial charge in [0.2, 0.25) is 0 Å². The Kier molecular flexibility index (Phi) is 5.76. The number of nitrogens with zero attached hydrogens (tertiary/aromatic N) is 1. The highest BCUT2D eigenvalue weighted by Gasteiger charge is 2.20. The molecule has 0 amide bonds. The smallest absolute Gasteiger partial charge is 0.339 e. The Balaban J connectivity index is 2.02. The Hall–Kier alpha value is -1.39. The van der Waals surface area contributed by atoms with Gasteiger partial charge >= 0.3 is 5.97 Å². The minimum Gasteiger partial charge on any atom is -0.464 e. The zero-order chi connectivity index (χ0) is 15.2. The molecule has 0 bridgehead atoms. The molecule has 1 saturated heterocycles. The molecule has 1 aromatic carbocycles. The molecule has 2 unspecified atom stereocenters. The first kappa shape index (κ1) is 16.0. The van der Waals surface area contributed by atoms with Crippen LogP contribution in [0.1, 0.15) is 49.3 Å². The molecule has 2 rings (SSSR count). The van der Waals surface area contributed by atoms with E-state index in [2.05, 4.69) is 11.9 Å². The van der Waals surface area contributed by atoms with Crippen LogP contribution in [0.15, 0.2) is 24.3 Å². The van der Waals surface area contributed by atoms with E-state index in [1.807, 2.05) is 24.3 Å². The van der Waals surface area contributed by atoms with E-state index in [0.29, 0.717) is 11.5 Å². The van der Waals surface area contributed by atoms with Crippen molar-refractivity contribution in [2.24, 2.45) is 0 Å². The van der Waals surface area contributed by atoms with Crippen molar-refractivity contribution in [2.75, 3.05) is 26.7 Å². The van der Waals surface area contributed by atoms with Gasteiger partial charge in [0, 0.05) is 0 Å². The van der Waals surface area contributed by atoms with E-state index in [1.54, 1.807) is 6.92 Å². The highest BCUT2D eigenvalue weighted by Crippen LogP contribution is 2.28. The fourth-order valence-electron chi connectivity index (χ4n) is 2.88. The molecule has 1 aliphatic rings. The summed E-state index contributed by atoms with van der Waals surface area (Å²) in [4.78, 5) is 13.9. The lowest BCUT2D eigenvalue weighted by Gasteiger charge is -2.16. The SMILES string of the molecule is CCOC(=O)C(O)c1ccc(C2CCCN(C)CC2)cc1. The fourth-order valence-corrected chi connectivity index (χ4v) is 2.88. The summed E-state index contributed by atoms with van der Waals surface area (Å²) < 4.78 is 4.84. The van der Waals surface area contributed by atoms with E-state index in [0.717, 1.165) is 19.5 Å². The molecule has 1 fully saturated rings. The quantitative estimate of drug-likeness (QED) is 0.866. The lowest BCUT2D eigenvalue weighted by atomic mass is 9.91. The van der Waals surface area contributed by atoms with Crippen LogP contribution in [0.3, 0.4) is 0 Å². The molecular formula is C17H25NO3. The van der Waals surface area contributed by atoms with E-state index < -0.39 is 12.1 Å². The minimum atomic E-state index is -1.18. The van der Waals surface area contributed by atoms with Crippen molar-refractivity contribution >= 4 is 5.97 Å². The van der Waals surface area contributed by atoms with Crippen molar-refractivity contribution in [1.29, 1.82) is 0 Å². The zero-order valence-electron chi connectivity index (χ0n) is 12.9. The number of rotatable bonds is 4. The second kappa shape index (κ2) is 7.57. The van der Waals surface area contributed by atoms with Gasteiger partial charge in [-0.1, -0.05) is 24.3 Å². The van der Waals surface area contributed by atoms with Gasteiger partial charge in [-0.15, -0.1) is 0 Å². The van der Waals surface area contributed by atoms with Crippen LogP contribution in [0.2, 0.25) is 0 Å². The number of esters is 1. The van der Waals surface area contributed by atoms with Gasteiger partial charge in [0.25, 0.3) is 0 Å². The van der Waals surface area contributed by atoms with E-state index in [9.17, 15) is 9.90 Å². The molecule has 21 heavy (non-hydrogen) atoms. The van der Waals surface area contributed by atoms with Crippen molar-refractivity contribution in [3.8, 4) is 0 Å². The lowest BCUT2D eigenvalue weighted by molar-refractivity contribution is -0.153. The summed E-state index contributed by atoms with van der Waals surface area (Å²) in [6.45, 7) is 4.30. The van der Waals surface area contributed by atoms with Gasteiger partial charge in [-0.05, 0) is 63.4 Å². The third-order valence-electron chi connectivity index (χ3n) is 4.19. The van der Waals surface area contributed by atoms with E-state index >= 15 is 0 Å². The predicted molar refractivity (Wildman–Crippen MR) is 82.1 cm³/mol. The van der Waals surface area contributed by atoms with Crippen molar-refractivity contribution in [2.45, 2.75) is 38.2 Å². The van der Waals surface area contributed by atoms with Crippen LogP contribution in [0, 0.1) is 0 Å². The number of ether oxygens (including phenoxy) is 1. The van der Waals surface area contributed by atoms with Crippen molar-refractivity contribution in [1.82, 2.24) is 4.90 Å². The van der Waals surface area contributed by atoms with Crippen LogP contribution in [0.4, 0.5) is 0 Å². The number of aliphatic hydroxyl groups excluding tert-OH is 1. The molecule has 0 aromatic heterocycles. The Morgan fingerprint density at radius 1 is 1.33 bits per heavy atom. The van der Waals surface area contributed by atoms with E-state index in [4.69, 9.17) is 4.74 Å². The number of aliphatic hydroxyl groups is 1. The molecule has 1 heterocycles. The largest absolute Gasteiger partial charge is 0.464 e. The second-order valence-corrected chi connectivity index (χ2v) is 5.75. The molecule has 2 atom stereocenters. The molecule has 1 N–H and O–H groups in total. The predicted octanol–water partition coefficient (Wildman–Crippen LogP) is 2.48. The third-order valence-corrected chi connectivity index (χ3v) is 4.19. The normalized spacial score (nSPS) is 21.6. The summed E-state index contributed by atoms with van der Waals surface area (Å²) in [7, 11) is 2.17. The van der Waals surface area contributed by atoms with Crippen molar-refractivity contribution in [3.63, 3.8) is 0 Å². The first-order chi connectivity index (χ1) is 10.1. The fraction of sp³-hybridized carbons (Fsp3) is 0.588. The van der Waals surface area contributed by atoms with Crippen LogP contribution in [0.5, 0.6) is 0 Å². The van der Waals surface area contributed by atoms with Crippen molar-refractivity contribution < 1.29 is 14.6 Å². The third kappa shape index (κ3) is 4.29. The van der Waals surface area contributed by atoms with Gasteiger partial charge in [-0.3, -0.25) is 0 Å². The summed E-state index contributed by atoms with van der Waals surface area (Å²) in [6.07, 6.45) is 2.40. The maximum absolute atomic E-state index is 11.5. The van der Waals surface area contributed by atoms with Gasteiger partial charge in [0.05, 0.1) is 6.61 Å². The Morgan fingerprint density at radius 2 is 2.05 bits per heavy atom. The molecule has 1 aliphatic heterocycles. The van der Waals surface area contributed by atoms with Gasteiger partial charge < -0.3 is 14.7 Å². The standard InChI is InChI=1S/C17H25NO3/c1-3-21-17(20)16(19)15-8-6-14(7-9-15)13-5-4-11-18(2)12-10-13/h6-9,13,16,19H,3-5,10-12H2,1-2H3. The summed E-state index contributed by atoms with van der Waals surface area (Å²) in [6, 6.07) is 7.75. The highest BCUT2D eigenvalue weighted by molar-refractivity contribution is 5.76. The summed E-state index contributed by atoms with van der Waals surface area (Å²) in [5.74, 6) is -0.00919. The number of hydrogen-bond donors (Lipinski definition) is 1. The van der Waals surface area contributed by atoms with Crippen LogP contribution < -0.4 is 0 Å². The summed E-state index contributed by atoms with van der Waals surface area (Å²) >= 11 is 0. The molecule has 4 heteroatoms. The molecule has 0 saturated carbocycles. The molecule has 0 aliphatic carbocycles. The monoisotopic (exact) mass is 291 g/mol. The minimum absolute atomic E-state index is 0.281. The van der Waals surface area contributed by atoms with Gasteiger partial charge in [-0.25, -0.2) is 4.79 Å². The average Bonchev–Trinajstić information content (AvgIpc) is 2.72. The molecule has 1 aromatic rings. The first-order valence-electron chi connectivity index (χ1n) is 7.75. The van der Waals surface area contributed by atoms with Crippen LogP contribution in [-0.4, -0.2) is 42.7 Å². The average molecular weight is 291 g/mol. The maximum atomic E-state index is 11.5. The number of likely N-dealkylation sites (tertiary alicyclic amines) is 1. The van der Waals surface area contributed by atoms with Gasteiger partial charge in [0.15, 0.2) is 6.10 Å². The van der Waals surface area contributed by atoms with E-state index in [1.165, 1.54) is 18.4 Å². The lowest BCUT2D eigenvalue weighted by Crippen LogP contribution is -2.18. The summed E-state index contributed by atoms with van der Waals surface area (Å²) in [5, 5.41) is 9.92. The number of carbonyl (C=O) groups is 1. The second-order valence-electron chi connectivity index (χ2n) is 5.75. The molecule has 0 spiro atoms. The Morgan fingerprint density at radius 3 is 2.71 bits per heavy atom. The maximum Gasteiger partial charge on any atom is 0.339 e. The number of benzene rings is 1. The van der Waals surface area contributed by atoms with Crippen LogP contribution in [0.25, 0.3) is 0 Å². The molecule has 4 nitrogen and oxygen atoms in total. The van der Waals surface area contributed by atoms with Crippen LogP contribution >= 0.6 is 0 Å². The van der Waals surface area contributed by atoms with Crippen LogP contribution in [-0.2, 0) is 9.53 Å². The number of hydrogen-bond acceptors (Lipinski definition) is 4. The Labute approximate surface area is 126 Å². The van der Waals surface area contributed by atoms with E-state index in [-0.39, 0.29) is 6.61 Å². The van der Waals surface area contributed by atoms with Crippen molar-refractivity contribution in [3.05, 3.63) is 35.4 Å². The Bertz CT molecular complexity index is 458. The molecule has 0 radical (unpaired) electrons. The van der Waals surface area contributed by atoms with Gasteiger partial charge in [0.1, 0.15) is 0 Å². The first-order valence-corrected chi connectivity index (χ1v) is 7.75. The molecule has 116 valence electrons. The van der Waals surface area contributed by atoms with Gasteiger partial charge in [-0.2, -0.15) is 0 Å². The number of carbonyl (C=O) groups excluding carboxylic acids is 1. The molecular weight excluding hydrogens is 266 g/mol.